The average Bonchev–Trinajstić information content (AvgIpc) is 3.11. The molecular weight excluding hydrogens is 648 g/mol. The molecule has 0 spiro atoms. The summed E-state index contributed by atoms with van der Waals surface area (Å²) in [5.41, 5.74) is 5.34. The zero-order valence-electron chi connectivity index (χ0n) is 29.5. The van der Waals surface area contributed by atoms with Gasteiger partial charge in [-0.2, -0.15) is 0 Å². The number of rotatable bonds is 15. The van der Waals surface area contributed by atoms with Gasteiger partial charge in [-0.3, -0.25) is 19.4 Å². The summed E-state index contributed by atoms with van der Waals surface area (Å²) in [4.78, 5) is 36.9. The van der Waals surface area contributed by atoms with Crippen molar-refractivity contribution in [2.45, 2.75) is 40.5 Å². The molecule has 9 nitrogen and oxygen atoms in total. The zero-order valence-corrected chi connectivity index (χ0v) is 29.5. The van der Waals surface area contributed by atoms with Crippen LogP contribution in [0.3, 0.4) is 0 Å². The Hall–Kier alpha value is -6.22. The van der Waals surface area contributed by atoms with Crippen molar-refractivity contribution in [2.75, 3.05) is 14.2 Å². The van der Waals surface area contributed by atoms with E-state index in [1.807, 2.05) is 39.8 Å². The highest BCUT2D eigenvalue weighted by molar-refractivity contribution is 6.07. The fraction of sp³-hybridized carbons (Fsp3) is 0.190. The molecule has 0 aromatic heterocycles. The zero-order chi connectivity index (χ0) is 37.1. The lowest BCUT2D eigenvalue weighted by Crippen LogP contribution is -2.04. The molecule has 264 valence electrons. The second-order valence-corrected chi connectivity index (χ2v) is 12.1. The Labute approximate surface area is 298 Å². The largest absolute Gasteiger partial charge is 0.508 e. The molecule has 0 aliphatic carbocycles. The number of carbonyl (C=O) groups excluding carboxylic acids is 2. The quantitative estimate of drug-likeness (QED) is 0.0368. The maximum Gasteiger partial charge on any atom is 0.262 e. The summed E-state index contributed by atoms with van der Waals surface area (Å²) in [6, 6.07) is 17.1. The molecule has 3 N–H and O–H groups in total. The lowest BCUT2D eigenvalue weighted by molar-refractivity contribution is -0.103. The van der Waals surface area contributed by atoms with Gasteiger partial charge in [-0.1, -0.05) is 23.3 Å². The highest BCUT2D eigenvalue weighted by Crippen LogP contribution is 2.40. The van der Waals surface area contributed by atoms with E-state index in [4.69, 9.17) is 19.2 Å². The predicted molar refractivity (Wildman–Crippen MR) is 198 cm³/mol. The van der Waals surface area contributed by atoms with Crippen LogP contribution in [0, 0.1) is 0 Å². The second-order valence-electron chi connectivity index (χ2n) is 12.1. The van der Waals surface area contributed by atoms with Crippen LogP contribution in [-0.2, 0) is 12.8 Å². The number of hydrogen-bond donors (Lipinski definition) is 3. The molecule has 0 amide bonds. The van der Waals surface area contributed by atoms with Gasteiger partial charge in [0, 0.05) is 27.8 Å². The third kappa shape index (κ3) is 9.92. The van der Waals surface area contributed by atoms with Crippen molar-refractivity contribution in [3.63, 3.8) is 0 Å². The fourth-order valence-electron chi connectivity index (χ4n) is 5.01. The van der Waals surface area contributed by atoms with E-state index in [9.17, 15) is 24.9 Å². The molecule has 0 unspecified atom stereocenters. The minimum Gasteiger partial charge on any atom is -0.508 e. The van der Waals surface area contributed by atoms with Crippen LogP contribution in [0.5, 0.6) is 40.2 Å². The number of phenols is 3. The molecule has 0 bridgehead atoms. The van der Waals surface area contributed by atoms with Crippen molar-refractivity contribution in [3.05, 3.63) is 136 Å². The van der Waals surface area contributed by atoms with E-state index in [0.29, 0.717) is 52.0 Å². The molecule has 4 rings (SSSR count). The molecule has 9 heteroatoms. The summed E-state index contributed by atoms with van der Waals surface area (Å²) in [6.07, 6.45) is 10.9. The van der Waals surface area contributed by atoms with Gasteiger partial charge in [0.2, 0.25) is 0 Å². The number of ether oxygens (including phenoxy) is 2. The van der Waals surface area contributed by atoms with Gasteiger partial charge >= 0.3 is 0 Å². The summed E-state index contributed by atoms with van der Waals surface area (Å²) in [7, 11) is 2.91. The molecule has 0 saturated heterocycles. The number of aromatic hydroxyl groups is 3. The first-order chi connectivity index (χ1) is 24.4. The maximum atomic E-state index is 13.0. The summed E-state index contributed by atoms with van der Waals surface area (Å²) in [5, 5.41) is 31.1. The first-order valence-corrected chi connectivity index (χ1v) is 16.2. The standard InChI is InChI=1S/C42H42O9/c1-26(2)7-9-31-25-32(16-22-37(31)45)36(44)21-13-30-15-24-39(47)42(41(30)49-6)51-50-33-17-10-28(11-18-33)35(43)20-12-29-14-23-38(46)34(40(29)48-5)19-8-27(3)4/h7-8,10-18,20-25,45-47H,9,19H2,1-6H3/b20-12+,21-13+. The summed E-state index contributed by atoms with van der Waals surface area (Å²) < 4.78 is 11.1. The highest BCUT2D eigenvalue weighted by atomic mass is 17.2. The van der Waals surface area contributed by atoms with Gasteiger partial charge < -0.3 is 24.8 Å². The Morgan fingerprint density at radius 2 is 1.12 bits per heavy atom. The summed E-state index contributed by atoms with van der Waals surface area (Å²) >= 11 is 0. The average molecular weight is 691 g/mol. The van der Waals surface area contributed by atoms with Crippen molar-refractivity contribution < 1.29 is 44.2 Å². The van der Waals surface area contributed by atoms with Gasteiger partial charge in [-0.15, -0.1) is 0 Å². The first-order valence-electron chi connectivity index (χ1n) is 16.2. The maximum absolute atomic E-state index is 13.0. The van der Waals surface area contributed by atoms with E-state index in [1.54, 1.807) is 48.5 Å². The Balaban J connectivity index is 1.45. The van der Waals surface area contributed by atoms with E-state index in [-0.39, 0.29) is 46.1 Å². The molecule has 4 aromatic rings. The van der Waals surface area contributed by atoms with Crippen molar-refractivity contribution in [2.24, 2.45) is 0 Å². The third-order valence-corrected chi connectivity index (χ3v) is 7.79. The van der Waals surface area contributed by atoms with E-state index >= 15 is 0 Å². The van der Waals surface area contributed by atoms with Gasteiger partial charge in [0.15, 0.2) is 28.8 Å². The van der Waals surface area contributed by atoms with Crippen LogP contribution in [0.25, 0.3) is 12.2 Å². The van der Waals surface area contributed by atoms with E-state index in [0.717, 1.165) is 11.1 Å². The second kappa shape index (κ2) is 17.4. The molecule has 0 aliphatic rings. The first kappa shape index (κ1) is 37.6. The molecule has 51 heavy (non-hydrogen) atoms. The van der Waals surface area contributed by atoms with Crippen LogP contribution in [-0.4, -0.2) is 41.1 Å². The van der Waals surface area contributed by atoms with Gasteiger partial charge in [0.05, 0.1) is 14.2 Å². The molecule has 0 radical (unpaired) electrons. The highest BCUT2D eigenvalue weighted by Gasteiger charge is 2.18. The van der Waals surface area contributed by atoms with E-state index in [2.05, 4.69) is 0 Å². The smallest absolute Gasteiger partial charge is 0.262 e. The van der Waals surface area contributed by atoms with Crippen molar-refractivity contribution in [1.29, 1.82) is 0 Å². The normalized spacial score (nSPS) is 10.9. The van der Waals surface area contributed by atoms with Gasteiger partial charge in [-0.25, -0.2) is 0 Å². The monoisotopic (exact) mass is 690 g/mol. The van der Waals surface area contributed by atoms with E-state index in [1.165, 1.54) is 56.7 Å². The Bertz CT molecular complexity index is 2010. The van der Waals surface area contributed by atoms with Crippen molar-refractivity contribution in [1.82, 2.24) is 0 Å². The predicted octanol–water partition coefficient (Wildman–Crippen LogP) is 9.00. The van der Waals surface area contributed by atoms with Crippen LogP contribution in [0.1, 0.15) is 70.7 Å². The van der Waals surface area contributed by atoms with Crippen LogP contribution >= 0.6 is 0 Å². The van der Waals surface area contributed by atoms with Crippen LogP contribution < -0.4 is 19.2 Å². The Morgan fingerprint density at radius 3 is 1.73 bits per heavy atom. The number of allylic oxidation sites excluding steroid dienone is 6. The molecule has 0 heterocycles. The van der Waals surface area contributed by atoms with Crippen LogP contribution in [0.15, 0.2) is 102 Å². The molecular formula is C42H42O9. The van der Waals surface area contributed by atoms with Crippen molar-refractivity contribution >= 4 is 23.7 Å². The molecule has 0 saturated carbocycles. The number of benzene rings is 4. The lowest BCUT2D eigenvalue weighted by atomic mass is 10.0. The SMILES string of the molecule is COc1c(/C=C/C(=O)c2ccc(OOc3c(O)ccc(/C=C/C(=O)c4ccc(O)c(CC=C(C)C)c4)c3OC)cc2)ccc(O)c1CC=C(C)C. The molecule has 0 atom stereocenters. The summed E-state index contributed by atoms with van der Waals surface area (Å²) in [6.45, 7) is 7.87. The third-order valence-electron chi connectivity index (χ3n) is 7.79. The Morgan fingerprint density at radius 1 is 0.588 bits per heavy atom. The fourth-order valence-corrected chi connectivity index (χ4v) is 5.01. The van der Waals surface area contributed by atoms with Crippen molar-refractivity contribution in [3.8, 4) is 40.2 Å². The Kier molecular flexibility index (Phi) is 12.9. The number of methoxy groups -OCH3 is 2. The number of carbonyl (C=O) groups is 2. The number of phenolic OH excluding ortho intramolecular Hbond substituents is 3. The topological polar surface area (TPSA) is 132 Å². The van der Waals surface area contributed by atoms with Crippen LogP contribution in [0.4, 0.5) is 0 Å². The van der Waals surface area contributed by atoms with Crippen LogP contribution in [0.2, 0.25) is 0 Å². The van der Waals surface area contributed by atoms with E-state index < -0.39 is 0 Å². The van der Waals surface area contributed by atoms with Gasteiger partial charge in [-0.05, 0) is 137 Å². The molecule has 4 aromatic carbocycles. The number of hydrogen-bond acceptors (Lipinski definition) is 9. The molecule has 0 fully saturated rings. The molecule has 0 aliphatic heterocycles. The van der Waals surface area contributed by atoms with Gasteiger partial charge in [0.1, 0.15) is 17.2 Å². The minimum atomic E-state index is -0.293. The lowest BCUT2D eigenvalue weighted by Gasteiger charge is -2.13. The minimum absolute atomic E-state index is 0.115. The summed E-state index contributed by atoms with van der Waals surface area (Å²) in [5.74, 6) is 0.150. The number of ketones is 2. The van der Waals surface area contributed by atoms with Gasteiger partial charge in [0.25, 0.3) is 5.75 Å².